The molecule has 4 nitrogen and oxygen atoms in total. The van der Waals surface area contributed by atoms with Gasteiger partial charge in [0.25, 0.3) is 0 Å². The molecular weight excluding hydrogens is 216 g/mol. The fourth-order valence-corrected chi connectivity index (χ4v) is 1.17. The molecule has 82 valence electrons. The molecule has 5 heteroatoms. The molecule has 1 amide bonds. The molecule has 0 aliphatic carbocycles. The molecule has 1 rings (SSSR count). The molecule has 1 aromatic heterocycles. The molecule has 0 atom stereocenters. The van der Waals surface area contributed by atoms with Gasteiger partial charge in [-0.05, 0) is 13.0 Å². The molecule has 0 aliphatic heterocycles. The minimum Gasteiger partial charge on any atom is -0.478 e. The Labute approximate surface area is 93.6 Å². The standard InChI is InChI=1S/C10H13ClN2O2/c1-2-15-10-4-3-8(7-12-10)13-9(14)5-6-11/h3-4,7H,2,5-6H2,1H3,(H,13,14). The van der Waals surface area contributed by atoms with Crippen molar-refractivity contribution in [3.63, 3.8) is 0 Å². The molecule has 0 aromatic carbocycles. The Morgan fingerprint density at radius 2 is 2.40 bits per heavy atom. The first-order valence-electron chi connectivity index (χ1n) is 4.71. The highest BCUT2D eigenvalue weighted by molar-refractivity contribution is 6.19. The number of carbonyl (C=O) groups excluding carboxylic acids is 1. The second-order valence-corrected chi connectivity index (χ2v) is 3.18. The van der Waals surface area contributed by atoms with Crippen molar-refractivity contribution in [2.75, 3.05) is 17.8 Å². The molecule has 0 radical (unpaired) electrons. The molecular formula is C10H13ClN2O2. The molecule has 0 bridgehead atoms. The van der Waals surface area contributed by atoms with Crippen LogP contribution in [0, 0.1) is 0 Å². The number of nitrogens with one attached hydrogen (secondary N) is 1. The molecule has 1 heterocycles. The van der Waals surface area contributed by atoms with E-state index in [1.54, 1.807) is 18.3 Å². The maximum atomic E-state index is 11.2. The number of hydrogen-bond acceptors (Lipinski definition) is 3. The van der Waals surface area contributed by atoms with E-state index in [4.69, 9.17) is 16.3 Å². The van der Waals surface area contributed by atoms with Crippen LogP contribution in [0.25, 0.3) is 0 Å². The summed E-state index contributed by atoms with van der Waals surface area (Å²) in [6.07, 6.45) is 1.85. The second kappa shape index (κ2) is 6.24. The Morgan fingerprint density at radius 1 is 1.60 bits per heavy atom. The average Bonchev–Trinajstić information content (AvgIpc) is 2.22. The number of pyridine rings is 1. The van der Waals surface area contributed by atoms with Crippen molar-refractivity contribution >= 4 is 23.2 Å². The fraction of sp³-hybridized carbons (Fsp3) is 0.400. The summed E-state index contributed by atoms with van der Waals surface area (Å²) in [5, 5.41) is 2.67. The minimum absolute atomic E-state index is 0.115. The summed E-state index contributed by atoms with van der Waals surface area (Å²) in [6, 6.07) is 3.45. The van der Waals surface area contributed by atoms with Gasteiger partial charge in [-0.25, -0.2) is 4.98 Å². The van der Waals surface area contributed by atoms with Crippen LogP contribution in [0.4, 0.5) is 5.69 Å². The highest BCUT2D eigenvalue weighted by atomic mass is 35.5. The van der Waals surface area contributed by atoms with Crippen molar-refractivity contribution in [3.05, 3.63) is 18.3 Å². The molecule has 0 unspecified atom stereocenters. The van der Waals surface area contributed by atoms with Gasteiger partial charge in [0.2, 0.25) is 11.8 Å². The van der Waals surface area contributed by atoms with Gasteiger partial charge in [-0.3, -0.25) is 4.79 Å². The summed E-state index contributed by atoms with van der Waals surface area (Å²) in [7, 11) is 0. The van der Waals surface area contributed by atoms with E-state index in [2.05, 4.69) is 10.3 Å². The third kappa shape index (κ3) is 4.16. The van der Waals surface area contributed by atoms with E-state index in [1.807, 2.05) is 6.92 Å². The van der Waals surface area contributed by atoms with Crippen LogP contribution in [-0.4, -0.2) is 23.4 Å². The van der Waals surface area contributed by atoms with Crippen LogP contribution in [0.5, 0.6) is 5.88 Å². The Balaban J connectivity index is 2.52. The highest BCUT2D eigenvalue weighted by Crippen LogP contribution is 2.11. The number of ether oxygens (including phenoxy) is 1. The van der Waals surface area contributed by atoms with Crippen molar-refractivity contribution in [1.29, 1.82) is 0 Å². The quantitative estimate of drug-likeness (QED) is 0.785. The summed E-state index contributed by atoms with van der Waals surface area (Å²) in [4.78, 5) is 15.2. The predicted octanol–water partition coefficient (Wildman–Crippen LogP) is 2.05. The van der Waals surface area contributed by atoms with Crippen LogP contribution in [0.15, 0.2) is 18.3 Å². The van der Waals surface area contributed by atoms with Crippen LogP contribution in [0.1, 0.15) is 13.3 Å². The van der Waals surface area contributed by atoms with E-state index in [0.717, 1.165) is 0 Å². The van der Waals surface area contributed by atoms with Gasteiger partial charge >= 0.3 is 0 Å². The predicted molar refractivity (Wildman–Crippen MR) is 59.4 cm³/mol. The molecule has 1 N–H and O–H groups in total. The van der Waals surface area contributed by atoms with Gasteiger partial charge in [-0.2, -0.15) is 0 Å². The lowest BCUT2D eigenvalue weighted by Gasteiger charge is -2.05. The molecule has 1 aromatic rings. The maximum absolute atomic E-state index is 11.2. The lowest BCUT2D eigenvalue weighted by atomic mass is 10.4. The van der Waals surface area contributed by atoms with E-state index >= 15 is 0 Å². The van der Waals surface area contributed by atoms with Crippen LogP contribution >= 0.6 is 11.6 Å². The van der Waals surface area contributed by atoms with E-state index in [9.17, 15) is 4.79 Å². The van der Waals surface area contributed by atoms with Gasteiger partial charge in [-0.1, -0.05) is 0 Å². The smallest absolute Gasteiger partial charge is 0.225 e. The summed E-state index contributed by atoms with van der Waals surface area (Å²) in [6.45, 7) is 2.46. The number of halogens is 1. The number of amides is 1. The fourth-order valence-electron chi connectivity index (χ4n) is 0.997. The zero-order chi connectivity index (χ0) is 11.1. The normalized spacial score (nSPS) is 9.73. The number of hydrogen-bond donors (Lipinski definition) is 1. The first kappa shape index (κ1) is 11.8. The second-order valence-electron chi connectivity index (χ2n) is 2.81. The summed E-state index contributed by atoms with van der Waals surface area (Å²) >= 11 is 5.43. The highest BCUT2D eigenvalue weighted by Gasteiger charge is 2.01. The number of anilines is 1. The number of alkyl halides is 1. The third-order valence-electron chi connectivity index (χ3n) is 1.63. The molecule has 0 aliphatic rings. The number of aromatic nitrogens is 1. The van der Waals surface area contributed by atoms with Gasteiger partial charge in [0.05, 0.1) is 18.5 Å². The van der Waals surface area contributed by atoms with Crippen LogP contribution in [0.3, 0.4) is 0 Å². The average molecular weight is 229 g/mol. The molecule has 0 saturated heterocycles. The largest absolute Gasteiger partial charge is 0.478 e. The third-order valence-corrected chi connectivity index (χ3v) is 1.82. The van der Waals surface area contributed by atoms with Gasteiger partial charge in [0.15, 0.2) is 0 Å². The van der Waals surface area contributed by atoms with Gasteiger partial charge in [-0.15, -0.1) is 11.6 Å². The molecule has 0 saturated carbocycles. The Morgan fingerprint density at radius 3 is 2.93 bits per heavy atom. The zero-order valence-electron chi connectivity index (χ0n) is 8.50. The van der Waals surface area contributed by atoms with E-state index in [0.29, 0.717) is 30.5 Å². The summed E-state index contributed by atoms with van der Waals surface area (Å²) in [5.41, 5.74) is 0.647. The van der Waals surface area contributed by atoms with E-state index in [-0.39, 0.29) is 5.91 Å². The van der Waals surface area contributed by atoms with Gasteiger partial charge < -0.3 is 10.1 Å². The number of carbonyl (C=O) groups is 1. The lowest BCUT2D eigenvalue weighted by molar-refractivity contribution is -0.115. The lowest BCUT2D eigenvalue weighted by Crippen LogP contribution is -2.11. The number of nitrogens with zero attached hydrogens (tertiary/aromatic N) is 1. The summed E-state index contributed by atoms with van der Waals surface area (Å²) < 4.78 is 5.17. The maximum Gasteiger partial charge on any atom is 0.225 e. The SMILES string of the molecule is CCOc1ccc(NC(=O)CCCl)cn1. The van der Waals surface area contributed by atoms with E-state index in [1.165, 1.54) is 0 Å². The van der Waals surface area contributed by atoms with Crippen molar-refractivity contribution in [2.45, 2.75) is 13.3 Å². The summed E-state index contributed by atoms with van der Waals surface area (Å²) in [5.74, 6) is 0.750. The van der Waals surface area contributed by atoms with Crippen molar-refractivity contribution in [2.24, 2.45) is 0 Å². The van der Waals surface area contributed by atoms with Crippen molar-refractivity contribution < 1.29 is 9.53 Å². The van der Waals surface area contributed by atoms with Crippen molar-refractivity contribution in [3.8, 4) is 5.88 Å². The van der Waals surface area contributed by atoms with Crippen LogP contribution < -0.4 is 10.1 Å². The molecule has 15 heavy (non-hydrogen) atoms. The molecule has 0 fully saturated rings. The Kier molecular flexibility index (Phi) is 4.90. The zero-order valence-corrected chi connectivity index (χ0v) is 9.25. The Hall–Kier alpha value is -1.29. The number of rotatable bonds is 5. The molecule has 0 spiro atoms. The van der Waals surface area contributed by atoms with Crippen molar-refractivity contribution in [1.82, 2.24) is 4.98 Å². The first-order valence-corrected chi connectivity index (χ1v) is 5.24. The van der Waals surface area contributed by atoms with Crippen LogP contribution in [-0.2, 0) is 4.79 Å². The van der Waals surface area contributed by atoms with E-state index < -0.39 is 0 Å². The van der Waals surface area contributed by atoms with Gasteiger partial charge in [0, 0.05) is 18.4 Å². The topological polar surface area (TPSA) is 51.2 Å². The Bertz CT molecular complexity index is 314. The van der Waals surface area contributed by atoms with Crippen LogP contribution in [0.2, 0.25) is 0 Å². The minimum atomic E-state index is -0.115. The van der Waals surface area contributed by atoms with Gasteiger partial charge in [0.1, 0.15) is 0 Å². The monoisotopic (exact) mass is 228 g/mol. The first-order chi connectivity index (χ1) is 7.26.